The van der Waals surface area contributed by atoms with E-state index in [0.717, 1.165) is 57.8 Å². The highest BCUT2D eigenvalue weighted by Crippen LogP contribution is 2.47. The zero-order chi connectivity index (χ0) is 46.9. The Kier molecular flexibility index (Phi) is 39.9. The van der Waals surface area contributed by atoms with Crippen LogP contribution >= 0.6 is 7.82 Å². The maximum absolute atomic E-state index is 12.9. The molecule has 0 radical (unpaired) electrons. The lowest BCUT2D eigenvalue weighted by atomic mass is 9.85. The van der Waals surface area contributed by atoms with Crippen LogP contribution in [0.3, 0.4) is 0 Å². The van der Waals surface area contributed by atoms with E-state index >= 15 is 0 Å². The first-order chi connectivity index (χ1) is 31.0. The van der Waals surface area contributed by atoms with Gasteiger partial charge in [-0.15, -0.1) is 0 Å². The van der Waals surface area contributed by atoms with Crippen LogP contribution in [-0.4, -0.2) is 98.9 Å². The molecule has 378 valence electrons. The third-order valence-electron chi connectivity index (χ3n) is 12.3. The zero-order valence-corrected chi connectivity index (χ0v) is 41.5. The molecule has 0 spiro atoms. The summed E-state index contributed by atoms with van der Waals surface area (Å²) in [5, 5.41) is 50.3. The Morgan fingerprint density at radius 2 is 0.875 bits per heavy atom. The van der Waals surface area contributed by atoms with Crippen LogP contribution in [0, 0.1) is 0 Å². The molecule has 6 N–H and O–H groups in total. The van der Waals surface area contributed by atoms with Crippen molar-refractivity contribution in [2.45, 2.75) is 275 Å². The van der Waals surface area contributed by atoms with Crippen molar-refractivity contribution >= 4 is 13.8 Å². The van der Waals surface area contributed by atoms with Gasteiger partial charge in [0.05, 0.1) is 13.2 Å². The number of hydrogen-bond acceptors (Lipinski definition) is 11. The van der Waals surface area contributed by atoms with E-state index in [1.54, 1.807) is 0 Å². The highest BCUT2D eigenvalue weighted by molar-refractivity contribution is 7.47. The molecule has 1 saturated carbocycles. The lowest BCUT2D eigenvalue weighted by molar-refractivity contribution is -0.220. The van der Waals surface area contributed by atoms with E-state index in [0.29, 0.717) is 13.0 Å². The van der Waals surface area contributed by atoms with Crippen molar-refractivity contribution in [2.24, 2.45) is 0 Å². The third-order valence-corrected chi connectivity index (χ3v) is 13.3. The Hall–Kier alpha value is -1.18. The van der Waals surface area contributed by atoms with Gasteiger partial charge in [0.25, 0.3) is 0 Å². The van der Waals surface area contributed by atoms with Crippen LogP contribution in [0.1, 0.15) is 232 Å². The smallest absolute Gasteiger partial charge is 0.457 e. The Bertz CT molecular complexity index is 1150. The molecule has 0 heterocycles. The van der Waals surface area contributed by atoms with Crippen molar-refractivity contribution in [2.75, 3.05) is 19.8 Å². The molecular formula is C51H97O12P. The minimum Gasteiger partial charge on any atom is -0.457 e. The van der Waals surface area contributed by atoms with Crippen LogP contribution in [0.2, 0.25) is 0 Å². The summed E-state index contributed by atoms with van der Waals surface area (Å²) in [5.74, 6) is -0.481. The second-order valence-corrected chi connectivity index (χ2v) is 19.8. The molecule has 6 atom stereocenters. The summed E-state index contributed by atoms with van der Waals surface area (Å²) in [5.41, 5.74) is 0. The Balaban J connectivity index is 2.32. The van der Waals surface area contributed by atoms with Gasteiger partial charge in [0.15, 0.2) is 0 Å². The van der Waals surface area contributed by atoms with Crippen LogP contribution in [0.5, 0.6) is 0 Å². The predicted octanol–water partition coefficient (Wildman–Crippen LogP) is 11.7. The maximum Gasteiger partial charge on any atom is 0.472 e. The molecule has 6 unspecified atom stereocenters. The first kappa shape index (κ1) is 60.8. The van der Waals surface area contributed by atoms with Gasteiger partial charge in [0.1, 0.15) is 42.7 Å². The third kappa shape index (κ3) is 33.3. The average molecular weight is 933 g/mol. The van der Waals surface area contributed by atoms with Gasteiger partial charge < -0.3 is 39.9 Å². The molecule has 1 rings (SSSR count). The van der Waals surface area contributed by atoms with Crippen molar-refractivity contribution in [1.29, 1.82) is 0 Å². The number of esters is 1. The van der Waals surface area contributed by atoms with E-state index < -0.39 is 63.1 Å². The number of aliphatic hydroxyl groups excluding tert-OH is 5. The topological polar surface area (TPSA) is 192 Å². The monoisotopic (exact) mass is 933 g/mol. The molecule has 64 heavy (non-hydrogen) atoms. The summed E-state index contributed by atoms with van der Waals surface area (Å²) < 4.78 is 34.3. The van der Waals surface area contributed by atoms with E-state index in [9.17, 15) is 39.8 Å². The van der Waals surface area contributed by atoms with Crippen molar-refractivity contribution < 1.29 is 58.3 Å². The summed E-state index contributed by atoms with van der Waals surface area (Å²) in [4.78, 5) is 23.2. The summed E-state index contributed by atoms with van der Waals surface area (Å²) in [6.45, 7) is 4.27. The Morgan fingerprint density at radius 1 is 0.500 bits per heavy atom. The normalized spacial score (nSPS) is 21.8. The lowest BCUT2D eigenvalue weighted by Gasteiger charge is -2.41. The van der Waals surface area contributed by atoms with Gasteiger partial charge in [-0.3, -0.25) is 13.8 Å². The fourth-order valence-corrected chi connectivity index (χ4v) is 9.12. The van der Waals surface area contributed by atoms with Gasteiger partial charge in [-0.05, 0) is 44.9 Å². The van der Waals surface area contributed by atoms with E-state index in [1.807, 2.05) is 0 Å². The quantitative estimate of drug-likeness (QED) is 0.0147. The number of allylic oxidation sites excluding steroid dienone is 4. The molecule has 0 saturated heterocycles. The molecule has 1 aliphatic rings. The first-order valence-corrected chi connectivity index (χ1v) is 27.7. The molecule has 0 aromatic heterocycles. The average Bonchev–Trinajstić information content (AvgIpc) is 3.28. The zero-order valence-electron chi connectivity index (χ0n) is 40.6. The first-order valence-electron chi connectivity index (χ1n) is 26.2. The largest absolute Gasteiger partial charge is 0.472 e. The molecular weight excluding hydrogens is 836 g/mol. The lowest BCUT2D eigenvalue weighted by Crippen LogP contribution is -2.64. The second kappa shape index (κ2) is 42.0. The molecule has 0 aliphatic heterocycles. The molecule has 0 bridgehead atoms. The van der Waals surface area contributed by atoms with Gasteiger partial charge in [-0.2, -0.15) is 0 Å². The van der Waals surface area contributed by atoms with E-state index in [-0.39, 0.29) is 13.0 Å². The van der Waals surface area contributed by atoms with Gasteiger partial charge >= 0.3 is 13.8 Å². The number of carbonyl (C=O) groups is 1. The van der Waals surface area contributed by atoms with Gasteiger partial charge in [0.2, 0.25) is 0 Å². The van der Waals surface area contributed by atoms with Crippen LogP contribution in [0.25, 0.3) is 0 Å². The number of unbranched alkanes of at least 4 members (excludes halogenated alkanes) is 29. The van der Waals surface area contributed by atoms with Gasteiger partial charge in [-0.25, -0.2) is 4.57 Å². The minimum atomic E-state index is -5.02. The van der Waals surface area contributed by atoms with E-state index in [1.165, 1.54) is 148 Å². The number of phosphoric ester groups is 1. The fraction of sp³-hybridized carbons (Fsp3) is 0.902. The minimum absolute atomic E-state index is 0.0753. The molecule has 0 aromatic rings. The number of rotatable bonds is 45. The highest BCUT2D eigenvalue weighted by Gasteiger charge is 2.51. The van der Waals surface area contributed by atoms with Gasteiger partial charge in [0, 0.05) is 13.0 Å². The summed E-state index contributed by atoms with van der Waals surface area (Å²) >= 11 is 0. The van der Waals surface area contributed by atoms with Crippen molar-refractivity contribution in [3.63, 3.8) is 0 Å². The molecule has 1 fully saturated rings. The summed E-state index contributed by atoms with van der Waals surface area (Å²) in [6.07, 6.45) is 36.7. The van der Waals surface area contributed by atoms with Crippen LogP contribution < -0.4 is 0 Å². The fourth-order valence-electron chi connectivity index (χ4n) is 8.15. The van der Waals surface area contributed by atoms with Gasteiger partial charge in [-0.1, -0.05) is 205 Å². The van der Waals surface area contributed by atoms with Crippen LogP contribution in [-0.2, 0) is 27.9 Å². The SMILES string of the molecule is CCCCC/C=C\C/C=C\CCCCCCCCCC(=O)OC(COCCCCCCCCCCCCCCCCCCCCCC)COP(=O)(O)OC1C(O)C(O)C(O)C(O)C1O. The molecule has 0 aromatic carbocycles. The number of phosphoric acid groups is 1. The molecule has 12 nitrogen and oxygen atoms in total. The second-order valence-electron chi connectivity index (χ2n) is 18.4. The van der Waals surface area contributed by atoms with Crippen molar-refractivity contribution in [1.82, 2.24) is 0 Å². The number of hydrogen-bond donors (Lipinski definition) is 6. The Morgan fingerprint density at radius 3 is 1.34 bits per heavy atom. The molecule has 13 heteroatoms. The maximum atomic E-state index is 12.9. The molecule has 0 amide bonds. The van der Waals surface area contributed by atoms with Crippen molar-refractivity contribution in [3.05, 3.63) is 24.3 Å². The van der Waals surface area contributed by atoms with E-state index in [2.05, 4.69) is 38.2 Å². The predicted molar refractivity (Wildman–Crippen MR) is 258 cm³/mol. The number of ether oxygens (including phenoxy) is 2. The van der Waals surface area contributed by atoms with Crippen molar-refractivity contribution in [3.8, 4) is 0 Å². The highest BCUT2D eigenvalue weighted by atomic mass is 31.2. The Labute approximate surface area is 390 Å². The number of aliphatic hydroxyl groups is 5. The standard InChI is InChI=1S/C51H97O12P/c1-3-5-7-9-11-13-15-17-19-21-22-23-25-27-29-31-33-35-37-39-41-60-42-44(43-61-64(58,59)63-51-49(56)47(54)46(53)48(55)50(51)57)62-45(52)40-38-36-34-32-30-28-26-24-20-18-16-14-12-10-8-6-4-2/h12,14,18,20,44,46-51,53-57H,3-11,13,15-17,19,21-43H2,1-2H3,(H,58,59)/b14-12-,20-18-. The number of carbonyl (C=O) groups excluding carboxylic acids is 1. The summed E-state index contributed by atoms with van der Waals surface area (Å²) in [7, 11) is -5.02. The van der Waals surface area contributed by atoms with Crippen LogP contribution in [0.15, 0.2) is 24.3 Å². The summed E-state index contributed by atoms with van der Waals surface area (Å²) in [6, 6.07) is 0. The molecule has 1 aliphatic carbocycles. The van der Waals surface area contributed by atoms with E-state index in [4.69, 9.17) is 18.5 Å². The van der Waals surface area contributed by atoms with Crippen LogP contribution in [0.4, 0.5) is 0 Å².